The van der Waals surface area contributed by atoms with Crippen molar-refractivity contribution in [3.63, 3.8) is 0 Å². The molecule has 0 aromatic heterocycles. The van der Waals surface area contributed by atoms with Crippen LogP contribution in [0, 0.1) is 6.92 Å². The van der Waals surface area contributed by atoms with Gasteiger partial charge in [0.05, 0.1) is 10.7 Å². The highest BCUT2D eigenvalue weighted by Gasteiger charge is 2.41. The number of carbonyl (C=O) groups excluding carboxylic acids is 2. The quantitative estimate of drug-likeness (QED) is 0.411. The van der Waals surface area contributed by atoms with Crippen molar-refractivity contribution in [2.75, 3.05) is 10.2 Å². The molecule has 0 bridgehead atoms. The number of nitrogens with zero attached hydrogens (tertiary/aromatic N) is 1. The van der Waals surface area contributed by atoms with E-state index in [-0.39, 0.29) is 5.70 Å². The van der Waals surface area contributed by atoms with Crippen LogP contribution in [0.5, 0.6) is 0 Å². The molecule has 0 fully saturated rings. The SMILES string of the molecule is Cc1ccc(SC2=C(Nc3ccc(C(C)C)cc3)C(=O)N(c3ccccc3Cl)C2=O)cc1. The third-order valence-corrected chi connectivity index (χ3v) is 6.63. The molecule has 1 aliphatic heterocycles. The van der Waals surface area contributed by atoms with E-state index in [9.17, 15) is 9.59 Å². The largest absolute Gasteiger partial charge is 0.350 e. The topological polar surface area (TPSA) is 49.4 Å². The summed E-state index contributed by atoms with van der Waals surface area (Å²) in [7, 11) is 0. The fourth-order valence-electron chi connectivity index (χ4n) is 3.39. The van der Waals surface area contributed by atoms with Gasteiger partial charge >= 0.3 is 0 Å². The molecular formula is C26H23ClN2O2S. The zero-order chi connectivity index (χ0) is 22.8. The van der Waals surface area contributed by atoms with Crippen molar-refractivity contribution in [1.82, 2.24) is 0 Å². The van der Waals surface area contributed by atoms with E-state index in [1.807, 2.05) is 55.5 Å². The van der Waals surface area contributed by atoms with Gasteiger partial charge in [0, 0.05) is 10.6 Å². The summed E-state index contributed by atoms with van der Waals surface area (Å²) in [5, 5.41) is 3.54. The molecule has 4 nitrogen and oxygen atoms in total. The molecule has 4 rings (SSSR count). The Morgan fingerprint density at radius 2 is 1.53 bits per heavy atom. The number of nitrogens with one attached hydrogen (secondary N) is 1. The number of hydrogen-bond acceptors (Lipinski definition) is 4. The lowest BCUT2D eigenvalue weighted by molar-refractivity contribution is -0.120. The molecule has 0 spiro atoms. The number of aryl methyl sites for hydroxylation is 1. The summed E-state index contributed by atoms with van der Waals surface area (Å²) in [4.78, 5) is 29.2. The number of para-hydroxylation sites is 1. The van der Waals surface area contributed by atoms with E-state index in [1.165, 1.54) is 17.3 Å². The first-order chi connectivity index (χ1) is 15.3. The van der Waals surface area contributed by atoms with E-state index in [2.05, 4.69) is 19.2 Å². The molecular weight excluding hydrogens is 440 g/mol. The Morgan fingerprint density at radius 3 is 2.16 bits per heavy atom. The molecule has 1 N–H and O–H groups in total. The highest BCUT2D eigenvalue weighted by molar-refractivity contribution is 8.04. The third kappa shape index (κ3) is 4.45. The van der Waals surface area contributed by atoms with Crippen LogP contribution >= 0.6 is 23.4 Å². The molecule has 3 aromatic carbocycles. The Labute approximate surface area is 197 Å². The number of rotatable bonds is 6. The van der Waals surface area contributed by atoms with E-state index in [0.29, 0.717) is 21.5 Å². The second-order valence-electron chi connectivity index (χ2n) is 7.92. The lowest BCUT2D eigenvalue weighted by atomic mass is 10.0. The second-order valence-corrected chi connectivity index (χ2v) is 9.41. The number of anilines is 2. The summed E-state index contributed by atoms with van der Waals surface area (Å²) >= 11 is 7.60. The van der Waals surface area contributed by atoms with Crippen LogP contribution in [0.25, 0.3) is 0 Å². The van der Waals surface area contributed by atoms with Crippen LogP contribution in [0.2, 0.25) is 5.02 Å². The molecule has 0 saturated heterocycles. The maximum Gasteiger partial charge on any atom is 0.283 e. The zero-order valence-electron chi connectivity index (χ0n) is 18.1. The van der Waals surface area contributed by atoms with E-state index in [4.69, 9.17) is 11.6 Å². The minimum absolute atomic E-state index is 0.248. The molecule has 3 aromatic rings. The second kappa shape index (κ2) is 9.23. The van der Waals surface area contributed by atoms with Gasteiger partial charge in [0.25, 0.3) is 11.8 Å². The predicted molar refractivity (Wildman–Crippen MR) is 132 cm³/mol. The number of halogens is 1. The molecule has 0 atom stereocenters. The summed E-state index contributed by atoms with van der Waals surface area (Å²) in [6.07, 6.45) is 0. The Morgan fingerprint density at radius 1 is 0.875 bits per heavy atom. The summed E-state index contributed by atoms with van der Waals surface area (Å²) in [5.74, 6) is -0.415. The summed E-state index contributed by atoms with van der Waals surface area (Å²) in [6, 6.07) is 22.6. The van der Waals surface area contributed by atoms with E-state index in [1.54, 1.807) is 24.3 Å². The lowest BCUT2D eigenvalue weighted by Crippen LogP contribution is -2.32. The van der Waals surface area contributed by atoms with Gasteiger partial charge < -0.3 is 5.32 Å². The lowest BCUT2D eigenvalue weighted by Gasteiger charge is -2.16. The summed E-state index contributed by atoms with van der Waals surface area (Å²) in [5.41, 5.74) is 3.69. The number of amides is 2. The number of benzene rings is 3. The van der Waals surface area contributed by atoms with Crippen LogP contribution in [0.15, 0.2) is 88.3 Å². The predicted octanol–water partition coefficient (Wildman–Crippen LogP) is 6.76. The van der Waals surface area contributed by atoms with Gasteiger partial charge in [0.15, 0.2) is 0 Å². The van der Waals surface area contributed by atoms with Gasteiger partial charge in [-0.15, -0.1) is 0 Å². The molecule has 0 unspecified atom stereocenters. The number of imide groups is 1. The number of carbonyl (C=O) groups is 2. The fraction of sp³-hybridized carbons (Fsp3) is 0.154. The Hall–Kier alpha value is -3.02. The Bertz CT molecular complexity index is 1200. The molecule has 2 amide bonds. The van der Waals surface area contributed by atoms with Crippen LogP contribution in [0.1, 0.15) is 30.9 Å². The molecule has 32 heavy (non-hydrogen) atoms. The minimum Gasteiger partial charge on any atom is -0.350 e. The van der Waals surface area contributed by atoms with Crippen molar-refractivity contribution in [3.8, 4) is 0 Å². The van der Waals surface area contributed by atoms with E-state index >= 15 is 0 Å². The van der Waals surface area contributed by atoms with E-state index < -0.39 is 11.8 Å². The highest BCUT2D eigenvalue weighted by Crippen LogP contribution is 2.39. The highest BCUT2D eigenvalue weighted by atomic mass is 35.5. The van der Waals surface area contributed by atoms with Gasteiger partial charge in [0.2, 0.25) is 0 Å². The number of thioether (sulfide) groups is 1. The van der Waals surface area contributed by atoms with Crippen molar-refractivity contribution < 1.29 is 9.59 Å². The first-order valence-corrected chi connectivity index (χ1v) is 11.5. The molecule has 0 aliphatic carbocycles. The standard InChI is InChI=1S/C26H23ClN2O2S/c1-16(2)18-10-12-19(13-11-18)28-23-24(32-20-14-8-17(3)9-15-20)26(31)29(25(23)30)22-7-5-4-6-21(22)27/h4-16,28H,1-3H3. The zero-order valence-corrected chi connectivity index (χ0v) is 19.6. The number of hydrogen-bond donors (Lipinski definition) is 1. The first-order valence-electron chi connectivity index (χ1n) is 10.3. The first kappa shape index (κ1) is 22.2. The monoisotopic (exact) mass is 462 g/mol. The van der Waals surface area contributed by atoms with Crippen LogP contribution in [-0.2, 0) is 9.59 Å². The van der Waals surface area contributed by atoms with Gasteiger partial charge in [-0.2, -0.15) is 0 Å². The maximum atomic E-state index is 13.4. The molecule has 162 valence electrons. The molecule has 1 aliphatic rings. The van der Waals surface area contributed by atoms with Crippen LogP contribution < -0.4 is 10.2 Å². The smallest absolute Gasteiger partial charge is 0.283 e. The van der Waals surface area contributed by atoms with Gasteiger partial charge in [-0.05, 0) is 54.8 Å². The van der Waals surface area contributed by atoms with Crippen molar-refractivity contribution in [3.05, 3.63) is 99.5 Å². The summed E-state index contributed by atoms with van der Waals surface area (Å²) < 4.78 is 0. The van der Waals surface area contributed by atoms with Crippen LogP contribution in [0.3, 0.4) is 0 Å². The van der Waals surface area contributed by atoms with Gasteiger partial charge in [-0.25, -0.2) is 4.90 Å². The molecule has 1 heterocycles. The molecule has 0 saturated carbocycles. The van der Waals surface area contributed by atoms with Crippen molar-refractivity contribution in [1.29, 1.82) is 0 Å². The maximum absolute atomic E-state index is 13.4. The normalized spacial score (nSPS) is 14.0. The van der Waals surface area contributed by atoms with Crippen molar-refractivity contribution >= 4 is 46.6 Å². The minimum atomic E-state index is -0.425. The average molecular weight is 463 g/mol. The van der Waals surface area contributed by atoms with Crippen LogP contribution in [0.4, 0.5) is 11.4 Å². The summed E-state index contributed by atoms with van der Waals surface area (Å²) in [6.45, 7) is 6.26. The third-order valence-electron chi connectivity index (χ3n) is 5.22. The Kier molecular flexibility index (Phi) is 6.40. The van der Waals surface area contributed by atoms with Gasteiger partial charge in [-0.1, -0.05) is 79.2 Å². The van der Waals surface area contributed by atoms with Crippen molar-refractivity contribution in [2.45, 2.75) is 31.6 Å². The van der Waals surface area contributed by atoms with Crippen LogP contribution in [-0.4, -0.2) is 11.8 Å². The van der Waals surface area contributed by atoms with Gasteiger partial charge in [-0.3, -0.25) is 9.59 Å². The fourth-order valence-corrected chi connectivity index (χ4v) is 4.53. The Balaban J connectivity index is 1.73. The van der Waals surface area contributed by atoms with Crippen molar-refractivity contribution in [2.24, 2.45) is 0 Å². The van der Waals surface area contributed by atoms with Gasteiger partial charge in [0.1, 0.15) is 10.6 Å². The van der Waals surface area contributed by atoms with E-state index in [0.717, 1.165) is 21.0 Å². The molecule has 6 heteroatoms. The molecule has 0 radical (unpaired) electrons. The average Bonchev–Trinajstić information content (AvgIpc) is 3.00.